The van der Waals surface area contributed by atoms with Crippen LogP contribution in [0.2, 0.25) is 0 Å². The molecule has 1 unspecified atom stereocenters. The molecule has 0 radical (unpaired) electrons. The van der Waals surface area contributed by atoms with Crippen molar-refractivity contribution in [1.82, 2.24) is 16.0 Å². The first-order chi connectivity index (χ1) is 14.7. The lowest BCUT2D eigenvalue weighted by atomic mass is 9.86. The molecular formula is C24H30N4O2. The van der Waals surface area contributed by atoms with Gasteiger partial charge in [0.15, 0.2) is 5.96 Å². The predicted molar refractivity (Wildman–Crippen MR) is 118 cm³/mol. The number of hydrogen-bond acceptors (Lipinski definition) is 3. The van der Waals surface area contributed by atoms with E-state index in [4.69, 9.17) is 4.74 Å². The summed E-state index contributed by atoms with van der Waals surface area (Å²) in [6.07, 6.45) is 5.51. The highest BCUT2D eigenvalue weighted by Gasteiger charge is 2.43. The van der Waals surface area contributed by atoms with Crippen molar-refractivity contribution in [3.05, 3.63) is 65.7 Å². The third-order valence-corrected chi connectivity index (χ3v) is 6.00. The number of rotatable bonds is 5. The van der Waals surface area contributed by atoms with Crippen molar-refractivity contribution in [3.63, 3.8) is 0 Å². The first kappa shape index (κ1) is 20.3. The van der Waals surface area contributed by atoms with Crippen LogP contribution in [0.25, 0.3) is 0 Å². The van der Waals surface area contributed by atoms with Crippen LogP contribution < -0.4 is 20.7 Å². The number of para-hydroxylation sites is 1. The number of guanidine groups is 1. The van der Waals surface area contributed by atoms with E-state index in [-0.39, 0.29) is 24.1 Å². The molecule has 4 rings (SSSR count). The summed E-state index contributed by atoms with van der Waals surface area (Å²) in [5, 5.41) is 9.60. The van der Waals surface area contributed by atoms with Crippen molar-refractivity contribution < 1.29 is 9.53 Å². The van der Waals surface area contributed by atoms with Gasteiger partial charge in [-0.05, 0) is 37.3 Å². The molecule has 1 atom stereocenters. The van der Waals surface area contributed by atoms with Crippen LogP contribution in [0.15, 0.2) is 59.6 Å². The summed E-state index contributed by atoms with van der Waals surface area (Å²) in [5.41, 5.74) is 2.14. The molecule has 3 N–H and O–H groups in total. The van der Waals surface area contributed by atoms with Gasteiger partial charge in [-0.1, -0.05) is 48.5 Å². The molecule has 1 saturated carbocycles. The lowest BCUT2D eigenvalue weighted by Gasteiger charge is -2.40. The van der Waals surface area contributed by atoms with Crippen LogP contribution >= 0.6 is 0 Å². The van der Waals surface area contributed by atoms with E-state index in [0.717, 1.165) is 36.1 Å². The van der Waals surface area contributed by atoms with E-state index in [1.54, 1.807) is 7.05 Å². The normalized spacial score (nSPS) is 19.6. The number of benzene rings is 2. The third kappa shape index (κ3) is 4.75. The minimum absolute atomic E-state index is 0.0681. The summed E-state index contributed by atoms with van der Waals surface area (Å²) < 4.78 is 6.43. The SMILES string of the molecule is CN=C(NCC(=O)NCc1ccccc1)NC1CC2(CCCC2)Oc2ccccc21. The van der Waals surface area contributed by atoms with E-state index in [9.17, 15) is 4.79 Å². The molecule has 0 saturated heterocycles. The van der Waals surface area contributed by atoms with Gasteiger partial charge in [-0.2, -0.15) is 0 Å². The zero-order valence-electron chi connectivity index (χ0n) is 17.5. The van der Waals surface area contributed by atoms with Crippen molar-refractivity contribution in [2.75, 3.05) is 13.6 Å². The Morgan fingerprint density at radius 3 is 2.57 bits per heavy atom. The van der Waals surface area contributed by atoms with Gasteiger partial charge in [-0.25, -0.2) is 0 Å². The van der Waals surface area contributed by atoms with E-state index in [1.165, 1.54) is 12.8 Å². The molecule has 30 heavy (non-hydrogen) atoms. The van der Waals surface area contributed by atoms with Gasteiger partial charge in [0.1, 0.15) is 11.4 Å². The van der Waals surface area contributed by atoms with Crippen LogP contribution in [0.4, 0.5) is 0 Å². The van der Waals surface area contributed by atoms with Gasteiger partial charge in [-0.15, -0.1) is 0 Å². The second-order valence-electron chi connectivity index (χ2n) is 8.12. The molecule has 1 aliphatic heterocycles. The number of nitrogens with zero attached hydrogens (tertiary/aromatic N) is 1. The Labute approximate surface area is 178 Å². The third-order valence-electron chi connectivity index (χ3n) is 6.00. The smallest absolute Gasteiger partial charge is 0.239 e. The number of amides is 1. The second kappa shape index (κ2) is 9.20. The van der Waals surface area contributed by atoms with Crippen LogP contribution in [0.1, 0.15) is 49.3 Å². The minimum Gasteiger partial charge on any atom is -0.487 e. The van der Waals surface area contributed by atoms with Gasteiger partial charge in [0.2, 0.25) is 5.91 Å². The van der Waals surface area contributed by atoms with Crippen LogP contribution in [-0.2, 0) is 11.3 Å². The fraction of sp³-hybridized carbons (Fsp3) is 0.417. The zero-order valence-corrected chi connectivity index (χ0v) is 17.5. The van der Waals surface area contributed by atoms with Crippen molar-refractivity contribution >= 4 is 11.9 Å². The highest BCUT2D eigenvalue weighted by atomic mass is 16.5. The fourth-order valence-corrected chi connectivity index (χ4v) is 4.46. The summed E-state index contributed by atoms with van der Waals surface area (Å²) in [5.74, 6) is 1.51. The fourth-order valence-electron chi connectivity index (χ4n) is 4.46. The molecule has 6 nitrogen and oxygen atoms in total. The van der Waals surface area contributed by atoms with Crippen LogP contribution in [0, 0.1) is 0 Å². The van der Waals surface area contributed by atoms with Crippen molar-refractivity contribution in [2.45, 2.75) is 50.3 Å². The maximum absolute atomic E-state index is 12.3. The first-order valence-corrected chi connectivity index (χ1v) is 10.7. The summed E-state index contributed by atoms with van der Waals surface area (Å²) in [7, 11) is 1.73. The van der Waals surface area contributed by atoms with E-state index in [0.29, 0.717) is 12.5 Å². The van der Waals surface area contributed by atoms with E-state index in [1.807, 2.05) is 42.5 Å². The van der Waals surface area contributed by atoms with Gasteiger partial charge in [0, 0.05) is 25.6 Å². The summed E-state index contributed by atoms with van der Waals surface area (Å²) in [4.78, 5) is 16.6. The second-order valence-corrected chi connectivity index (χ2v) is 8.12. The number of aliphatic imine (C=N–C) groups is 1. The monoisotopic (exact) mass is 406 g/mol. The van der Waals surface area contributed by atoms with Crippen molar-refractivity contribution in [2.24, 2.45) is 4.99 Å². The molecule has 2 aromatic carbocycles. The Bertz CT molecular complexity index is 891. The largest absolute Gasteiger partial charge is 0.487 e. The Balaban J connectivity index is 1.35. The highest BCUT2D eigenvalue weighted by Crippen LogP contribution is 2.46. The van der Waals surface area contributed by atoms with Crippen molar-refractivity contribution in [1.29, 1.82) is 0 Å². The summed E-state index contributed by atoms with van der Waals surface area (Å²) in [6, 6.07) is 18.2. The minimum atomic E-state index is -0.0854. The van der Waals surface area contributed by atoms with Gasteiger partial charge >= 0.3 is 0 Å². The molecule has 1 spiro atoms. The molecule has 158 valence electrons. The average molecular weight is 407 g/mol. The van der Waals surface area contributed by atoms with Crippen LogP contribution in [0.3, 0.4) is 0 Å². The van der Waals surface area contributed by atoms with Crippen LogP contribution in [-0.4, -0.2) is 31.1 Å². The van der Waals surface area contributed by atoms with E-state index in [2.05, 4.69) is 33.1 Å². The Kier molecular flexibility index (Phi) is 6.21. The van der Waals surface area contributed by atoms with Gasteiger partial charge < -0.3 is 20.7 Å². The molecule has 0 aromatic heterocycles. The standard InChI is InChI=1S/C24H30N4O2/c1-25-23(27-17-22(29)26-16-18-9-3-2-4-10-18)28-20-15-24(13-7-8-14-24)30-21-12-6-5-11-19(20)21/h2-6,9-12,20H,7-8,13-17H2,1H3,(H,26,29)(H2,25,27,28). The molecule has 2 aliphatic rings. The molecule has 0 bridgehead atoms. The molecule has 1 amide bonds. The molecule has 1 heterocycles. The number of hydrogen-bond donors (Lipinski definition) is 3. The van der Waals surface area contributed by atoms with Crippen molar-refractivity contribution in [3.8, 4) is 5.75 Å². The highest BCUT2D eigenvalue weighted by molar-refractivity contribution is 5.86. The van der Waals surface area contributed by atoms with Gasteiger partial charge in [0.25, 0.3) is 0 Å². The Morgan fingerprint density at radius 1 is 1.07 bits per heavy atom. The molecule has 1 aliphatic carbocycles. The predicted octanol–water partition coefficient (Wildman–Crippen LogP) is 3.30. The quantitative estimate of drug-likeness (QED) is 0.526. The number of carbonyl (C=O) groups is 1. The number of carbonyl (C=O) groups excluding carboxylic acids is 1. The first-order valence-electron chi connectivity index (χ1n) is 10.7. The van der Waals surface area contributed by atoms with Gasteiger partial charge in [-0.3, -0.25) is 9.79 Å². The topological polar surface area (TPSA) is 74.8 Å². The Hall–Kier alpha value is -3.02. The average Bonchev–Trinajstić information content (AvgIpc) is 3.23. The zero-order chi connectivity index (χ0) is 20.8. The number of ether oxygens (including phenoxy) is 1. The van der Waals surface area contributed by atoms with Crippen LogP contribution in [0.5, 0.6) is 5.75 Å². The van der Waals surface area contributed by atoms with E-state index < -0.39 is 0 Å². The molecule has 1 fully saturated rings. The molecular weight excluding hydrogens is 376 g/mol. The van der Waals surface area contributed by atoms with E-state index >= 15 is 0 Å². The Morgan fingerprint density at radius 2 is 1.80 bits per heavy atom. The maximum Gasteiger partial charge on any atom is 0.239 e. The summed E-state index contributed by atoms with van der Waals surface area (Å²) >= 11 is 0. The molecule has 6 heteroatoms. The molecule has 2 aromatic rings. The number of nitrogens with one attached hydrogen (secondary N) is 3. The number of fused-ring (bicyclic) bond motifs is 1. The lowest BCUT2D eigenvalue weighted by molar-refractivity contribution is -0.120. The summed E-state index contributed by atoms with van der Waals surface area (Å²) in [6.45, 7) is 0.686. The van der Waals surface area contributed by atoms with Gasteiger partial charge in [0.05, 0.1) is 12.6 Å². The maximum atomic E-state index is 12.3. The lowest BCUT2D eigenvalue weighted by Crippen LogP contribution is -2.48.